The summed E-state index contributed by atoms with van der Waals surface area (Å²) in [5.74, 6) is 0.259. The fourth-order valence-corrected chi connectivity index (χ4v) is 3.34. The lowest BCUT2D eigenvalue weighted by Crippen LogP contribution is -2.10. The van der Waals surface area contributed by atoms with Crippen LogP contribution in [0.1, 0.15) is 80.3 Å². The maximum absolute atomic E-state index is 12.5. The van der Waals surface area contributed by atoms with Gasteiger partial charge in [-0.25, -0.2) is 4.79 Å². The van der Waals surface area contributed by atoms with Crippen LogP contribution < -0.4 is 9.47 Å². The zero-order valence-electron chi connectivity index (χ0n) is 17.9. The van der Waals surface area contributed by atoms with Crippen molar-refractivity contribution < 1.29 is 14.3 Å². The van der Waals surface area contributed by atoms with Gasteiger partial charge in [0.2, 0.25) is 0 Å². The highest BCUT2D eigenvalue weighted by Crippen LogP contribution is 2.27. The summed E-state index contributed by atoms with van der Waals surface area (Å²) >= 11 is 6.27. The number of hydrogen-bond acceptors (Lipinski definition) is 4. The molecule has 0 heterocycles. The molecule has 0 unspecified atom stereocenters. The first-order chi connectivity index (χ1) is 14.6. The number of benzene rings is 2. The van der Waals surface area contributed by atoms with Gasteiger partial charge in [-0.2, -0.15) is 5.26 Å². The minimum Gasteiger partial charge on any atom is -0.492 e. The van der Waals surface area contributed by atoms with E-state index in [1.165, 1.54) is 18.9 Å². The van der Waals surface area contributed by atoms with Gasteiger partial charge in [0.15, 0.2) is 0 Å². The topological polar surface area (TPSA) is 59.3 Å². The summed E-state index contributed by atoms with van der Waals surface area (Å²) < 4.78 is 11.2. The lowest BCUT2D eigenvalue weighted by molar-refractivity contribution is 0.0734. The maximum Gasteiger partial charge on any atom is 0.343 e. The molecule has 0 aliphatic rings. The molecule has 30 heavy (non-hydrogen) atoms. The van der Waals surface area contributed by atoms with Crippen LogP contribution in [-0.2, 0) is 6.42 Å². The summed E-state index contributed by atoms with van der Waals surface area (Å²) in [5.41, 5.74) is 1.74. The molecular formula is C25H30ClNO3. The monoisotopic (exact) mass is 427 g/mol. The number of hydrogen-bond donors (Lipinski definition) is 0. The Labute approximate surface area is 184 Å². The smallest absolute Gasteiger partial charge is 0.343 e. The Morgan fingerprint density at radius 3 is 2.40 bits per heavy atom. The van der Waals surface area contributed by atoms with Gasteiger partial charge in [-0.15, -0.1) is 0 Å². The zero-order chi connectivity index (χ0) is 21.8. The Bertz CT molecular complexity index is 873. The van der Waals surface area contributed by atoms with E-state index < -0.39 is 5.97 Å². The third kappa shape index (κ3) is 7.39. The molecule has 0 aliphatic heterocycles. The van der Waals surface area contributed by atoms with Crippen LogP contribution in [-0.4, -0.2) is 12.6 Å². The Morgan fingerprint density at radius 2 is 1.70 bits per heavy atom. The van der Waals surface area contributed by atoms with E-state index in [1.54, 1.807) is 24.3 Å². The van der Waals surface area contributed by atoms with E-state index in [-0.39, 0.29) is 5.75 Å². The van der Waals surface area contributed by atoms with Gasteiger partial charge in [0.25, 0.3) is 0 Å². The van der Waals surface area contributed by atoms with Crippen molar-refractivity contribution >= 4 is 17.6 Å². The lowest BCUT2D eigenvalue weighted by atomic mass is 10.0. The number of unbranched alkanes of at least 4 members (excludes halogenated alkanes) is 5. The third-order valence-corrected chi connectivity index (χ3v) is 5.15. The molecule has 0 saturated carbocycles. The van der Waals surface area contributed by atoms with Gasteiger partial charge in [0, 0.05) is 0 Å². The van der Waals surface area contributed by atoms with E-state index in [2.05, 4.69) is 19.9 Å². The fraction of sp³-hybridized carbons (Fsp3) is 0.440. The van der Waals surface area contributed by atoms with Crippen molar-refractivity contribution in [3.8, 4) is 17.6 Å². The minimum absolute atomic E-state index is 0.258. The molecule has 0 radical (unpaired) electrons. The highest BCUT2D eigenvalue weighted by molar-refractivity contribution is 6.32. The summed E-state index contributed by atoms with van der Waals surface area (Å²) in [6, 6.07) is 12.3. The molecule has 160 valence electrons. The van der Waals surface area contributed by atoms with Crippen LogP contribution in [0.2, 0.25) is 5.02 Å². The molecule has 0 aliphatic carbocycles. The Balaban J connectivity index is 2.00. The van der Waals surface area contributed by atoms with E-state index in [9.17, 15) is 10.1 Å². The van der Waals surface area contributed by atoms with Crippen molar-refractivity contribution in [1.29, 1.82) is 5.26 Å². The van der Waals surface area contributed by atoms with E-state index in [4.69, 9.17) is 21.1 Å². The molecule has 5 heteroatoms. The maximum atomic E-state index is 12.5. The highest BCUT2D eigenvalue weighted by atomic mass is 35.5. The van der Waals surface area contributed by atoms with Crippen LogP contribution in [0.4, 0.5) is 0 Å². The molecule has 2 aromatic rings. The van der Waals surface area contributed by atoms with E-state index in [0.717, 1.165) is 44.1 Å². The molecular weight excluding hydrogens is 398 g/mol. The van der Waals surface area contributed by atoms with Crippen molar-refractivity contribution in [3.63, 3.8) is 0 Å². The number of nitrogens with zero attached hydrogens (tertiary/aromatic N) is 1. The zero-order valence-corrected chi connectivity index (χ0v) is 18.6. The van der Waals surface area contributed by atoms with Crippen molar-refractivity contribution in [2.24, 2.45) is 0 Å². The minimum atomic E-state index is -0.554. The standard InChI is InChI=1S/C25H30ClNO3/c1-3-5-7-9-15-29-24-14-12-20(17-22(24)26)25(28)30-23-13-11-19(10-8-6-4-2)16-21(23)18-27/h11-14,16-17H,3-10,15H2,1-2H3. The Kier molecular flexibility index (Phi) is 10.2. The molecule has 0 spiro atoms. The van der Waals surface area contributed by atoms with Crippen molar-refractivity contribution in [2.45, 2.75) is 65.2 Å². The van der Waals surface area contributed by atoms with Crippen LogP contribution in [0.5, 0.6) is 11.5 Å². The Hall–Kier alpha value is -2.51. The summed E-state index contributed by atoms with van der Waals surface area (Å²) in [7, 11) is 0. The molecule has 0 atom stereocenters. The van der Waals surface area contributed by atoms with Crippen LogP contribution in [0.3, 0.4) is 0 Å². The van der Waals surface area contributed by atoms with Gasteiger partial charge >= 0.3 is 5.97 Å². The number of aryl methyl sites for hydroxylation is 1. The third-order valence-electron chi connectivity index (χ3n) is 4.86. The molecule has 2 aromatic carbocycles. The quantitative estimate of drug-likeness (QED) is 0.205. The summed E-state index contributed by atoms with van der Waals surface area (Å²) in [5, 5.41) is 9.80. The van der Waals surface area contributed by atoms with E-state index >= 15 is 0 Å². The number of rotatable bonds is 12. The molecule has 0 saturated heterocycles. The first-order valence-corrected chi connectivity index (χ1v) is 11.1. The number of halogens is 1. The Morgan fingerprint density at radius 1 is 0.967 bits per heavy atom. The van der Waals surface area contributed by atoms with E-state index in [1.807, 2.05) is 6.07 Å². The second-order valence-electron chi connectivity index (χ2n) is 7.34. The lowest BCUT2D eigenvalue weighted by Gasteiger charge is -2.11. The molecule has 4 nitrogen and oxygen atoms in total. The fourth-order valence-electron chi connectivity index (χ4n) is 3.10. The van der Waals surface area contributed by atoms with Gasteiger partial charge < -0.3 is 9.47 Å². The van der Waals surface area contributed by atoms with Crippen molar-refractivity contribution in [1.82, 2.24) is 0 Å². The van der Waals surface area contributed by atoms with E-state index in [0.29, 0.717) is 28.5 Å². The molecule has 0 bridgehead atoms. The van der Waals surface area contributed by atoms with Crippen LogP contribution in [0, 0.1) is 11.3 Å². The normalized spacial score (nSPS) is 10.5. The summed E-state index contributed by atoms with van der Waals surface area (Å²) in [4.78, 5) is 12.5. The number of carbonyl (C=O) groups excluding carboxylic acids is 1. The van der Waals surface area contributed by atoms with Crippen LogP contribution >= 0.6 is 11.6 Å². The molecule has 0 N–H and O–H groups in total. The largest absolute Gasteiger partial charge is 0.492 e. The highest BCUT2D eigenvalue weighted by Gasteiger charge is 2.14. The van der Waals surface area contributed by atoms with Gasteiger partial charge in [0.05, 0.1) is 22.8 Å². The predicted molar refractivity (Wildman–Crippen MR) is 120 cm³/mol. The molecule has 0 amide bonds. The first-order valence-electron chi connectivity index (χ1n) is 10.8. The number of esters is 1. The average molecular weight is 428 g/mol. The van der Waals surface area contributed by atoms with Gasteiger partial charge in [0.1, 0.15) is 17.6 Å². The number of nitriles is 1. The molecule has 2 rings (SSSR count). The molecule has 0 fully saturated rings. The summed E-state index contributed by atoms with van der Waals surface area (Å²) in [6.07, 6.45) is 8.73. The average Bonchev–Trinajstić information content (AvgIpc) is 2.75. The van der Waals surface area contributed by atoms with Crippen LogP contribution in [0.25, 0.3) is 0 Å². The predicted octanol–water partition coefficient (Wildman–Crippen LogP) is 7.12. The van der Waals surface area contributed by atoms with Crippen molar-refractivity contribution in [3.05, 3.63) is 58.1 Å². The summed E-state index contributed by atoms with van der Waals surface area (Å²) in [6.45, 7) is 4.92. The molecule has 0 aromatic heterocycles. The van der Waals surface area contributed by atoms with Gasteiger partial charge in [-0.05, 0) is 55.2 Å². The second kappa shape index (κ2) is 12.9. The second-order valence-corrected chi connectivity index (χ2v) is 7.75. The SMILES string of the molecule is CCCCCCOc1ccc(C(=O)Oc2ccc(CCCCC)cc2C#N)cc1Cl. The van der Waals surface area contributed by atoms with Crippen LogP contribution in [0.15, 0.2) is 36.4 Å². The number of carbonyl (C=O) groups is 1. The van der Waals surface area contributed by atoms with Gasteiger partial charge in [-0.1, -0.05) is 63.6 Å². The number of ether oxygens (including phenoxy) is 2. The van der Waals surface area contributed by atoms with Gasteiger partial charge in [-0.3, -0.25) is 0 Å². The van der Waals surface area contributed by atoms with Crippen molar-refractivity contribution in [2.75, 3.05) is 6.61 Å². The first kappa shape index (κ1) is 23.8.